The number of rotatable bonds is 3. The number of thiazole rings is 1. The van der Waals surface area contributed by atoms with Crippen molar-refractivity contribution in [3.8, 4) is 0 Å². The SMILES string of the molecule is COC(=O)C1=C(C)N=c2s/c(=C/c3ccccc3Cl)c(=O)n2C1c1cccs1. The summed E-state index contributed by atoms with van der Waals surface area (Å²) in [5.41, 5.74) is 1.47. The molecule has 1 aliphatic rings. The lowest BCUT2D eigenvalue weighted by Crippen LogP contribution is -2.39. The maximum atomic E-state index is 13.3. The molecule has 1 atom stereocenters. The first-order chi connectivity index (χ1) is 13.5. The number of hydrogen-bond acceptors (Lipinski definition) is 6. The standard InChI is InChI=1S/C20H15ClN2O3S2/c1-11-16(19(25)26-2)17(14-8-5-9-27-14)23-18(24)15(28-20(23)22-11)10-12-6-3-4-7-13(12)21/h3-10,17H,1-2H3/b15-10+. The van der Waals surface area contributed by atoms with Gasteiger partial charge in [0.15, 0.2) is 4.80 Å². The number of hydrogen-bond donors (Lipinski definition) is 0. The number of aromatic nitrogens is 1. The Labute approximate surface area is 173 Å². The maximum Gasteiger partial charge on any atom is 0.338 e. The number of fused-ring (bicyclic) bond motifs is 1. The average Bonchev–Trinajstić information content (AvgIpc) is 3.31. The maximum absolute atomic E-state index is 13.3. The molecule has 0 N–H and O–H groups in total. The second kappa shape index (κ2) is 7.50. The number of esters is 1. The number of halogens is 1. The second-order valence-corrected chi connectivity index (χ2v) is 8.51. The van der Waals surface area contributed by atoms with Crippen LogP contribution in [0.1, 0.15) is 23.4 Å². The molecule has 2 aromatic heterocycles. The normalized spacial score (nSPS) is 16.7. The van der Waals surface area contributed by atoms with Gasteiger partial charge in [0.05, 0.1) is 22.9 Å². The first-order valence-corrected chi connectivity index (χ1v) is 10.5. The van der Waals surface area contributed by atoms with Crippen molar-refractivity contribution in [2.45, 2.75) is 13.0 Å². The smallest absolute Gasteiger partial charge is 0.338 e. The van der Waals surface area contributed by atoms with E-state index in [0.29, 0.717) is 25.6 Å². The lowest BCUT2D eigenvalue weighted by atomic mass is 10.0. The van der Waals surface area contributed by atoms with Gasteiger partial charge >= 0.3 is 5.97 Å². The van der Waals surface area contributed by atoms with Crippen LogP contribution in [0, 0.1) is 0 Å². The molecular formula is C20H15ClN2O3S2. The van der Waals surface area contributed by atoms with Gasteiger partial charge in [-0.25, -0.2) is 9.79 Å². The fraction of sp³-hybridized carbons (Fsp3) is 0.150. The molecule has 4 rings (SSSR count). The highest BCUT2D eigenvalue weighted by atomic mass is 35.5. The Balaban J connectivity index is 1.99. The van der Waals surface area contributed by atoms with E-state index in [1.54, 1.807) is 23.6 Å². The third-order valence-corrected chi connectivity index (χ3v) is 6.68. The Morgan fingerprint density at radius 2 is 2.07 bits per heavy atom. The Morgan fingerprint density at radius 1 is 1.29 bits per heavy atom. The Bertz CT molecular complexity index is 1270. The molecule has 0 radical (unpaired) electrons. The van der Waals surface area contributed by atoms with E-state index in [1.807, 2.05) is 35.7 Å². The van der Waals surface area contributed by atoms with Gasteiger partial charge in [0.1, 0.15) is 6.04 Å². The third kappa shape index (κ3) is 3.15. The van der Waals surface area contributed by atoms with Crippen LogP contribution in [0.2, 0.25) is 5.02 Å². The highest BCUT2D eigenvalue weighted by Crippen LogP contribution is 2.32. The van der Waals surface area contributed by atoms with E-state index in [9.17, 15) is 9.59 Å². The summed E-state index contributed by atoms with van der Waals surface area (Å²) in [6.45, 7) is 1.76. The van der Waals surface area contributed by atoms with Crippen LogP contribution in [0.25, 0.3) is 6.08 Å². The van der Waals surface area contributed by atoms with E-state index < -0.39 is 12.0 Å². The number of thiophene rings is 1. The molecule has 1 aromatic carbocycles. The van der Waals surface area contributed by atoms with Crippen molar-refractivity contribution < 1.29 is 9.53 Å². The largest absolute Gasteiger partial charge is 0.466 e. The van der Waals surface area contributed by atoms with E-state index in [-0.39, 0.29) is 5.56 Å². The van der Waals surface area contributed by atoms with Crippen LogP contribution in [0.5, 0.6) is 0 Å². The van der Waals surface area contributed by atoms with E-state index in [0.717, 1.165) is 10.4 Å². The predicted molar refractivity (Wildman–Crippen MR) is 112 cm³/mol. The molecule has 142 valence electrons. The van der Waals surface area contributed by atoms with Crippen molar-refractivity contribution >= 4 is 46.3 Å². The van der Waals surface area contributed by atoms with E-state index in [2.05, 4.69) is 4.99 Å². The zero-order valence-electron chi connectivity index (χ0n) is 15.0. The molecule has 0 saturated carbocycles. The minimum Gasteiger partial charge on any atom is -0.466 e. The van der Waals surface area contributed by atoms with Gasteiger partial charge in [0.2, 0.25) is 0 Å². The summed E-state index contributed by atoms with van der Waals surface area (Å²) in [5.74, 6) is -0.486. The van der Waals surface area contributed by atoms with Crippen LogP contribution in [-0.4, -0.2) is 17.6 Å². The van der Waals surface area contributed by atoms with E-state index in [4.69, 9.17) is 16.3 Å². The average molecular weight is 431 g/mol. The lowest BCUT2D eigenvalue weighted by molar-refractivity contribution is -0.136. The number of methoxy groups -OCH3 is 1. The molecule has 3 aromatic rings. The highest BCUT2D eigenvalue weighted by Gasteiger charge is 2.33. The van der Waals surface area contributed by atoms with Crippen molar-refractivity contribution in [2.75, 3.05) is 7.11 Å². The molecule has 1 aliphatic heterocycles. The first-order valence-electron chi connectivity index (χ1n) is 8.40. The Morgan fingerprint density at radius 3 is 2.75 bits per heavy atom. The molecule has 0 amide bonds. The summed E-state index contributed by atoms with van der Waals surface area (Å²) in [6.07, 6.45) is 1.76. The minimum atomic E-state index is -0.558. The number of ether oxygens (including phenoxy) is 1. The lowest BCUT2D eigenvalue weighted by Gasteiger charge is -2.22. The van der Waals surface area contributed by atoms with E-state index >= 15 is 0 Å². The molecule has 0 saturated heterocycles. The van der Waals surface area contributed by atoms with Crippen LogP contribution in [0.15, 0.2) is 62.8 Å². The van der Waals surface area contributed by atoms with Gasteiger partial charge in [-0.1, -0.05) is 47.2 Å². The fourth-order valence-corrected chi connectivity index (χ4v) is 5.19. The predicted octanol–water partition coefficient (Wildman–Crippen LogP) is 3.12. The summed E-state index contributed by atoms with van der Waals surface area (Å²) in [5, 5.41) is 2.48. The second-order valence-electron chi connectivity index (χ2n) is 6.11. The quantitative estimate of drug-likeness (QED) is 0.600. The summed E-state index contributed by atoms with van der Waals surface area (Å²) in [4.78, 5) is 31.7. The molecule has 0 spiro atoms. The third-order valence-electron chi connectivity index (χ3n) is 4.43. The summed E-state index contributed by atoms with van der Waals surface area (Å²) >= 11 is 9.00. The number of benzene rings is 1. The summed E-state index contributed by atoms with van der Waals surface area (Å²) < 4.78 is 7.05. The molecule has 0 fully saturated rings. The molecule has 0 bridgehead atoms. The van der Waals surface area contributed by atoms with Crippen LogP contribution in [0.4, 0.5) is 0 Å². The molecule has 3 heterocycles. The Hall–Kier alpha value is -2.48. The molecule has 5 nitrogen and oxygen atoms in total. The minimum absolute atomic E-state index is 0.212. The molecule has 0 aliphatic carbocycles. The molecular weight excluding hydrogens is 416 g/mol. The van der Waals surface area contributed by atoms with Crippen molar-refractivity contribution in [1.29, 1.82) is 0 Å². The molecule has 28 heavy (non-hydrogen) atoms. The van der Waals surface area contributed by atoms with Crippen molar-refractivity contribution in [1.82, 2.24) is 4.57 Å². The van der Waals surface area contributed by atoms with Gasteiger partial charge in [-0.2, -0.15) is 0 Å². The number of nitrogens with zero attached hydrogens (tertiary/aromatic N) is 2. The molecule has 1 unspecified atom stereocenters. The number of carbonyl (C=O) groups excluding carboxylic acids is 1. The van der Waals surface area contributed by atoms with Gasteiger partial charge < -0.3 is 4.74 Å². The topological polar surface area (TPSA) is 60.7 Å². The van der Waals surface area contributed by atoms with Gasteiger partial charge in [0, 0.05) is 9.90 Å². The van der Waals surface area contributed by atoms with Gasteiger partial charge in [-0.3, -0.25) is 9.36 Å². The van der Waals surface area contributed by atoms with Crippen molar-refractivity contribution in [2.24, 2.45) is 4.99 Å². The van der Waals surface area contributed by atoms with Crippen molar-refractivity contribution in [3.63, 3.8) is 0 Å². The highest BCUT2D eigenvalue weighted by molar-refractivity contribution is 7.10. The monoisotopic (exact) mass is 430 g/mol. The first kappa shape index (κ1) is 18.9. The fourth-order valence-electron chi connectivity index (χ4n) is 3.14. The van der Waals surface area contributed by atoms with Gasteiger partial charge in [-0.15, -0.1) is 11.3 Å². The zero-order valence-corrected chi connectivity index (χ0v) is 17.4. The van der Waals surface area contributed by atoms with Crippen molar-refractivity contribution in [3.05, 3.63) is 88.2 Å². The summed E-state index contributed by atoms with van der Waals surface area (Å²) in [7, 11) is 1.33. The number of allylic oxidation sites excluding steroid dienone is 1. The molecule has 8 heteroatoms. The van der Waals surface area contributed by atoms with Crippen LogP contribution in [0.3, 0.4) is 0 Å². The zero-order chi connectivity index (χ0) is 19.8. The van der Waals surface area contributed by atoms with Crippen LogP contribution in [-0.2, 0) is 9.53 Å². The van der Waals surface area contributed by atoms with E-state index in [1.165, 1.54) is 29.8 Å². The number of carbonyl (C=O) groups is 1. The summed E-state index contributed by atoms with van der Waals surface area (Å²) in [6, 6.07) is 10.6. The van der Waals surface area contributed by atoms with Crippen LogP contribution < -0.4 is 14.9 Å². The van der Waals surface area contributed by atoms with Gasteiger partial charge in [0.25, 0.3) is 5.56 Å². The van der Waals surface area contributed by atoms with Crippen LogP contribution >= 0.6 is 34.3 Å². The van der Waals surface area contributed by atoms with Gasteiger partial charge in [-0.05, 0) is 36.1 Å². The Kier molecular flexibility index (Phi) is 5.05.